The van der Waals surface area contributed by atoms with Crippen molar-refractivity contribution in [2.45, 2.75) is 37.3 Å². The molecule has 1 atom stereocenters. The standard InChI is InChI=1S/C27H27N3O3S2/c1-4-25(26(33)28-21-12-8-19(9-13-21)17(2)31)35-24-7-5-6-23(16-24)30-27(34)29-22-14-10-20(11-15-22)18(3)32/h5-16,25H,4H2,1-3H3,(H,28,33)(H2,29,30,34). The van der Waals surface area contributed by atoms with Crippen molar-refractivity contribution in [1.82, 2.24) is 0 Å². The maximum absolute atomic E-state index is 12.8. The summed E-state index contributed by atoms with van der Waals surface area (Å²) in [5.74, 6) is -0.104. The molecule has 0 aliphatic heterocycles. The fourth-order valence-corrected chi connectivity index (χ4v) is 4.48. The number of anilines is 3. The van der Waals surface area contributed by atoms with Gasteiger partial charge in [0.05, 0.1) is 5.25 Å². The number of carbonyl (C=O) groups is 3. The van der Waals surface area contributed by atoms with Crippen molar-refractivity contribution in [3.05, 3.63) is 83.9 Å². The molecule has 1 unspecified atom stereocenters. The summed E-state index contributed by atoms with van der Waals surface area (Å²) in [6, 6.07) is 21.7. The van der Waals surface area contributed by atoms with E-state index in [2.05, 4.69) is 16.0 Å². The molecule has 6 nitrogen and oxygen atoms in total. The minimum atomic E-state index is -0.289. The van der Waals surface area contributed by atoms with Gasteiger partial charge in [-0.2, -0.15) is 0 Å². The monoisotopic (exact) mass is 505 g/mol. The zero-order valence-electron chi connectivity index (χ0n) is 19.8. The molecular weight excluding hydrogens is 478 g/mol. The summed E-state index contributed by atoms with van der Waals surface area (Å²) in [6.45, 7) is 5.00. The second-order valence-corrected chi connectivity index (χ2v) is 9.56. The van der Waals surface area contributed by atoms with E-state index in [4.69, 9.17) is 12.2 Å². The van der Waals surface area contributed by atoms with Crippen molar-refractivity contribution in [2.24, 2.45) is 0 Å². The molecule has 0 radical (unpaired) electrons. The normalized spacial score (nSPS) is 11.3. The van der Waals surface area contributed by atoms with Gasteiger partial charge in [-0.15, -0.1) is 11.8 Å². The summed E-state index contributed by atoms with van der Waals surface area (Å²) in [4.78, 5) is 36.6. The predicted octanol–water partition coefficient (Wildman–Crippen LogP) is 6.41. The first-order valence-electron chi connectivity index (χ1n) is 11.1. The van der Waals surface area contributed by atoms with Crippen LogP contribution in [0.2, 0.25) is 0 Å². The molecular formula is C27H27N3O3S2. The van der Waals surface area contributed by atoms with E-state index in [9.17, 15) is 14.4 Å². The van der Waals surface area contributed by atoms with Crippen LogP contribution in [0, 0.1) is 0 Å². The lowest BCUT2D eigenvalue weighted by atomic mass is 10.1. The summed E-state index contributed by atoms with van der Waals surface area (Å²) < 4.78 is 0. The molecule has 0 saturated carbocycles. The van der Waals surface area contributed by atoms with Crippen LogP contribution >= 0.6 is 24.0 Å². The highest BCUT2D eigenvalue weighted by atomic mass is 32.2. The zero-order chi connectivity index (χ0) is 25.4. The highest BCUT2D eigenvalue weighted by Gasteiger charge is 2.18. The Bertz CT molecular complexity index is 1230. The first-order chi connectivity index (χ1) is 16.7. The number of ketones is 2. The number of rotatable bonds is 9. The van der Waals surface area contributed by atoms with Gasteiger partial charge >= 0.3 is 0 Å². The molecule has 3 aromatic rings. The molecule has 0 heterocycles. The Morgan fingerprint density at radius 2 is 1.29 bits per heavy atom. The van der Waals surface area contributed by atoms with Gasteiger partial charge in [-0.25, -0.2) is 0 Å². The number of hydrogen-bond acceptors (Lipinski definition) is 5. The largest absolute Gasteiger partial charge is 0.332 e. The Labute approximate surface area is 214 Å². The van der Waals surface area contributed by atoms with Gasteiger partial charge in [-0.05, 0) is 99.2 Å². The molecule has 0 saturated heterocycles. The highest BCUT2D eigenvalue weighted by Crippen LogP contribution is 2.29. The van der Waals surface area contributed by atoms with Gasteiger partial charge in [-0.3, -0.25) is 14.4 Å². The number of nitrogens with one attached hydrogen (secondary N) is 3. The van der Waals surface area contributed by atoms with Gasteiger partial charge in [0, 0.05) is 33.1 Å². The Morgan fingerprint density at radius 1 is 0.771 bits per heavy atom. The van der Waals surface area contributed by atoms with E-state index in [1.807, 2.05) is 31.2 Å². The first-order valence-corrected chi connectivity index (χ1v) is 12.4. The maximum atomic E-state index is 12.8. The van der Waals surface area contributed by atoms with Crippen molar-refractivity contribution in [3.63, 3.8) is 0 Å². The number of carbonyl (C=O) groups excluding carboxylic acids is 3. The molecule has 0 fully saturated rings. The lowest BCUT2D eigenvalue weighted by Crippen LogP contribution is -2.24. The molecule has 180 valence electrons. The maximum Gasteiger partial charge on any atom is 0.237 e. The van der Waals surface area contributed by atoms with Crippen molar-refractivity contribution < 1.29 is 14.4 Å². The quantitative estimate of drug-likeness (QED) is 0.176. The molecule has 0 aliphatic carbocycles. The number of benzene rings is 3. The molecule has 3 N–H and O–H groups in total. The molecule has 0 aromatic heterocycles. The fourth-order valence-electron chi connectivity index (χ4n) is 3.23. The van der Waals surface area contributed by atoms with Crippen molar-refractivity contribution >= 4 is 63.6 Å². The van der Waals surface area contributed by atoms with E-state index >= 15 is 0 Å². The van der Waals surface area contributed by atoms with E-state index in [0.29, 0.717) is 28.3 Å². The summed E-state index contributed by atoms with van der Waals surface area (Å²) in [5.41, 5.74) is 3.47. The van der Waals surface area contributed by atoms with Crippen LogP contribution in [-0.4, -0.2) is 27.8 Å². The average molecular weight is 506 g/mol. The van der Waals surface area contributed by atoms with Gasteiger partial charge in [-0.1, -0.05) is 13.0 Å². The van der Waals surface area contributed by atoms with Crippen LogP contribution in [0.25, 0.3) is 0 Å². The Hall–Kier alpha value is -3.49. The number of thioether (sulfide) groups is 1. The van der Waals surface area contributed by atoms with Crippen LogP contribution in [0.3, 0.4) is 0 Å². The zero-order valence-corrected chi connectivity index (χ0v) is 21.4. The number of amides is 1. The third kappa shape index (κ3) is 7.77. The average Bonchev–Trinajstić information content (AvgIpc) is 2.83. The van der Waals surface area contributed by atoms with Crippen LogP contribution < -0.4 is 16.0 Å². The second-order valence-electron chi connectivity index (χ2n) is 7.88. The minimum absolute atomic E-state index is 0.0107. The fraction of sp³-hybridized carbons (Fsp3) is 0.185. The molecule has 0 bridgehead atoms. The van der Waals surface area contributed by atoms with Gasteiger partial charge in [0.15, 0.2) is 16.7 Å². The second kappa shape index (κ2) is 12.3. The van der Waals surface area contributed by atoms with E-state index in [-0.39, 0.29) is 22.7 Å². The molecule has 3 rings (SSSR count). The summed E-state index contributed by atoms with van der Waals surface area (Å²) in [6.07, 6.45) is 0.649. The molecule has 0 spiro atoms. The summed E-state index contributed by atoms with van der Waals surface area (Å²) in [5, 5.41) is 9.31. The number of thiocarbonyl (C=S) groups is 1. The third-order valence-corrected chi connectivity index (χ3v) is 6.70. The summed E-state index contributed by atoms with van der Waals surface area (Å²) in [7, 11) is 0. The van der Waals surface area contributed by atoms with Crippen LogP contribution in [0.4, 0.5) is 17.1 Å². The van der Waals surface area contributed by atoms with Gasteiger partial charge < -0.3 is 16.0 Å². The summed E-state index contributed by atoms with van der Waals surface area (Å²) >= 11 is 6.89. The lowest BCUT2D eigenvalue weighted by Gasteiger charge is -2.16. The topological polar surface area (TPSA) is 87.3 Å². The molecule has 8 heteroatoms. The molecule has 35 heavy (non-hydrogen) atoms. The van der Waals surface area contributed by atoms with E-state index in [0.717, 1.165) is 16.3 Å². The smallest absolute Gasteiger partial charge is 0.237 e. The van der Waals surface area contributed by atoms with E-state index < -0.39 is 0 Å². The van der Waals surface area contributed by atoms with Crippen LogP contribution in [-0.2, 0) is 4.79 Å². The number of Topliss-reactive ketones (excluding diaryl/α,β-unsaturated/α-hetero) is 2. The van der Waals surface area contributed by atoms with Crippen LogP contribution in [0.1, 0.15) is 47.9 Å². The lowest BCUT2D eigenvalue weighted by molar-refractivity contribution is -0.115. The molecule has 3 aromatic carbocycles. The Balaban J connectivity index is 1.59. The van der Waals surface area contributed by atoms with Gasteiger partial charge in [0.2, 0.25) is 5.91 Å². The van der Waals surface area contributed by atoms with Crippen LogP contribution in [0.15, 0.2) is 77.7 Å². The van der Waals surface area contributed by atoms with Gasteiger partial charge in [0.25, 0.3) is 0 Å². The molecule has 0 aliphatic rings. The molecule has 1 amide bonds. The Morgan fingerprint density at radius 3 is 1.80 bits per heavy atom. The number of hydrogen-bond donors (Lipinski definition) is 3. The Kier molecular flexibility index (Phi) is 9.17. The van der Waals surface area contributed by atoms with Crippen molar-refractivity contribution in [3.8, 4) is 0 Å². The SMILES string of the molecule is CCC(Sc1cccc(NC(=S)Nc2ccc(C(C)=O)cc2)c1)C(=O)Nc1ccc(C(C)=O)cc1. The van der Waals surface area contributed by atoms with Crippen LogP contribution in [0.5, 0.6) is 0 Å². The minimum Gasteiger partial charge on any atom is -0.332 e. The predicted molar refractivity (Wildman–Crippen MR) is 148 cm³/mol. The van der Waals surface area contributed by atoms with E-state index in [1.165, 1.54) is 25.6 Å². The third-order valence-electron chi connectivity index (χ3n) is 5.14. The van der Waals surface area contributed by atoms with Crippen molar-refractivity contribution in [2.75, 3.05) is 16.0 Å². The van der Waals surface area contributed by atoms with Gasteiger partial charge in [0.1, 0.15) is 0 Å². The van der Waals surface area contributed by atoms with E-state index in [1.54, 1.807) is 48.5 Å². The highest BCUT2D eigenvalue weighted by molar-refractivity contribution is 8.00. The first kappa shape index (κ1) is 26.1. The van der Waals surface area contributed by atoms with Crippen molar-refractivity contribution in [1.29, 1.82) is 0 Å².